The van der Waals surface area contributed by atoms with Crippen LogP contribution in [0, 0.1) is 6.92 Å². The van der Waals surface area contributed by atoms with Crippen molar-refractivity contribution in [1.29, 1.82) is 0 Å². The van der Waals surface area contributed by atoms with E-state index in [4.69, 9.17) is 0 Å². The van der Waals surface area contributed by atoms with Crippen molar-refractivity contribution in [3.05, 3.63) is 29.3 Å². The summed E-state index contributed by atoms with van der Waals surface area (Å²) in [6.07, 6.45) is 5.21. The van der Waals surface area contributed by atoms with Gasteiger partial charge in [0.25, 0.3) is 0 Å². The minimum Gasteiger partial charge on any atom is -0.392 e. The molecule has 2 heteroatoms. The third-order valence-electron chi connectivity index (χ3n) is 3.93. The molecule has 0 amide bonds. The first kappa shape index (κ1) is 12.4. The standard InChI is InChI=1S/C15H23NO/c1-3-14-6-4-5-9-16(14)15-8-7-13(11-17)12(2)10-15/h7-8,10,14,17H,3-6,9,11H2,1-2H3. The maximum Gasteiger partial charge on any atom is 0.0684 e. The van der Waals surface area contributed by atoms with Gasteiger partial charge in [0, 0.05) is 18.3 Å². The normalized spacial score (nSPS) is 20.6. The van der Waals surface area contributed by atoms with E-state index in [0.29, 0.717) is 6.04 Å². The van der Waals surface area contributed by atoms with Crippen molar-refractivity contribution >= 4 is 5.69 Å². The predicted molar refractivity (Wildman–Crippen MR) is 72.4 cm³/mol. The summed E-state index contributed by atoms with van der Waals surface area (Å²) < 4.78 is 0. The van der Waals surface area contributed by atoms with E-state index in [2.05, 4.69) is 36.9 Å². The van der Waals surface area contributed by atoms with Gasteiger partial charge in [-0.2, -0.15) is 0 Å². The first-order valence-electron chi connectivity index (χ1n) is 6.73. The Morgan fingerprint density at radius 3 is 2.82 bits per heavy atom. The Morgan fingerprint density at radius 2 is 2.18 bits per heavy atom. The Kier molecular flexibility index (Phi) is 4.06. The van der Waals surface area contributed by atoms with Crippen LogP contribution in [-0.2, 0) is 6.61 Å². The first-order chi connectivity index (χ1) is 8.26. The zero-order chi connectivity index (χ0) is 12.3. The van der Waals surface area contributed by atoms with Crippen LogP contribution in [0.2, 0.25) is 0 Å². The highest BCUT2D eigenvalue weighted by molar-refractivity contribution is 5.51. The topological polar surface area (TPSA) is 23.5 Å². The molecular weight excluding hydrogens is 210 g/mol. The minimum atomic E-state index is 0.142. The molecule has 94 valence electrons. The average molecular weight is 233 g/mol. The van der Waals surface area contributed by atoms with E-state index < -0.39 is 0 Å². The summed E-state index contributed by atoms with van der Waals surface area (Å²) >= 11 is 0. The monoisotopic (exact) mass is 233 g/mol. The number of rotatable bonds is 3. The molecule has 0 radical (unpaired) electrons. The van der Waals surface area contributed by atoms with Crippen LogP contribution in [0.4, 0.5) is 5.69 Å². The maximum absolute atomic E-state index is 9.20. The second kappa shape index (κ2) is 5.54. The molecule has 17 heavy (non-hydrogen) atoms. The molecule has 1 N–H and O–H groups in total. The molecule has 1 saturated heterocycles. The van der Waals surface area contributed by atoms with Crippen molar-refractivity contribution in [2.24, 2.45) is 0 Å². The van der Waals surface area contributed by atoms with Gasteiger partial charge in [-0.3, -0.25) is 0 Å². The highest BCUT2D eigenvalue weighted by Crippen LogP contribution is 2.28. The minimum absolute atomic E-state index is 0.142. The molecule has 0 saturated carbocycles. The largest absolute Gasteiger partial charge is 0.392 e. The summed E-state index contributed by atoms with van der Waals surface area (Å²) in [5.74, 6) is 0. The molecule has 1 fully saturated rings. The first-order valence-corrected chi connectivity index (χ1v) is 6.73. The average Bonchev–Trinajstić information content (AvgIpc) is 2.38. The second-order valence-corrected chi connectivity index (χ2v) is 5.02. The van der Waals surface area contributed by atoms with E-state index in [1.807, 2.05) is 0 Å². The number of anilines is 1. The molecule has 0 spiro atoms. The third-order valence-corrected chi connectivity index (χ3v) is 3.93. The quantitative estimate of drug-likeness (QED) is 0.866. The number of piperidine rings is 1. The molecule has 1 aromatic rings. The molecule has 1 aromatic carbocycles. The van der Waals surface area contributed by atoms with Crippen LogP contribution in [-0.4, -0.2) is 17.7 Å². The van der Waals surface area contributed by atoms with Crippen molar-refractivity contribution in [2.45, 2.75) is 52.2 Å². The zero-order valence-corrected chi connectivity index (χ0v) is 10.9. The van der Waals surface area contributed by atoms with E-state index >= 15 is 0 Å². The summed E-state index contributed by atoms with van der Waals surface area (Å²) in [7, 11) is 0. The molecule has 2 nitrogen and oxygen atoms in total. The SMILES string of the molecule is CCC1CCCCN1c1ccc(CO)c(C)c1. The van der Waals surface area contributed by atoms with Crippen LogP contribution >= 0.6 is 0 Å². The molecule has 1 aliphatic heterocycles. The summed E-state index contributed by atoms with van der Waals surface area (Å²) in [6.45, 7) is 5.68. The molecular formula is C15H23NO. The van der Waals surface area contributed by atoms with Gasteiger partial charge in [-0.05, 0) is 55.9 Å². The van der Waals surface area contributed by atoms with Gasteiger partial charge < -0.3 is 10.0 Å². The fraction of sp³-hybridized carbons (Fsp3) is 0.600. The molecule has 0 aromatic heterocycles. The van der Waals surface area contributed by atoms with Crippen molar-refractivity contribution < 1.29 is 5.11 Å². The van der Waals surface area contributed by atoms with Gasteiger partial charge in [-0.15, -0.1) is 0 Å². The van der Waals surface area contributed by atoms with Gasteiger partial charge in [-0.1, -0.05) is 13.0 Å². The Bertz CT molecular complexity index is 375. The number of aryl methyl sites for hydroxylation is 1. The third kappa shape index (κ3) is 2.63. The number of aliphatic hydroxyl groups is 1. The fourth-order valence-electron chi connectivity index (χ4n) is 2.80. The molecule has 2 rings (SSSR count). The van der Waals surface area contributed by atoms with E-state index in [9.17, 15) is 5.11 Å². The van der Waals surface area contributed by atoms with Crippen LogP contribution in [0.5, 0.6) is 0 Å². The fourth-order valence-corrected chi connectivity index (χ4v) is 2.80. The van der Waals surface area contributed by atoms with Crippen LogP contribution in [0.1, 0.15) is 43.7 Å². The Hall–Kier alpha value is -1.02. The Balaban J connectivity index is 2.23. The number of nitrogens with zero attached hydrogens (tertiary/aromatic N) is 1. The van der Waals surface area contributed by atoms with Crippen molar-refractivity contribution in [3.63, 3.8) is 0 Å². The molecule has 1 aliphatic rings. The number of aliphatic hydroxyl groups excluding tert-OH is 1. The zero-order valence-electron chi connectivity index (χ0n) is 10.9. The summed E-state index contributed by atoms with van der Waals surface area (Å²) in [5.41, 5.74) is 3.57. The van der Waals surface area contributed by atoms with Gasteiger partial charge in [0.05, 0.1) is 6.61 Å². The summed E-state index contributed by atoms with van der Waals surface area (Å²) in [5, 5.41) is 9.20. The lowest BCUT2D eigenvalue weighted by atomic mass is 9.98. The van der Waals surface area contributed by atoms with E-state index in [-0.39, 0.29) is 6.61 Å². The number of benzene rings is 1. The van der Waals surface area contributed by atoms with Crippen molar-refractivity contribution in [2.75, 3.05) is 11.4 Å². The molecule has 1 unspecified atom stereocenters. The van der Waals surface area contributed by atoms with E-state index in [1.165, 1.54) is 43.5 Å². The number of hydrogen-bond donors (Lipinski definition) is 1. The molecule has 1 heterocycles. The van der Waals surface area contributed by atoms with Crippen LogP contribution in [0.25, 0.3) is 0 Å². The van der Waals surface area contributed by atoms with Gasteiger partial charge in [0.1, 0.15) is 0 Å². The molecule has 0 bridgehead atoms. The summed E-state index contributed by atoms with van der Waals surface area (Å²) in [4.78, 5) is 2.54. The maximum atomic E-state index is 9.20. The second-order valence-electron chi connectivity index (χ2n) is 5.02. The highest BCUT2D eigenvalue weighted by atomic mass is 16.3. The van der Waals surface area contributed by atoms with Crippen LogP contribution in [0.3, 0.4) is 0 Å². The summed E-state index contributed by atoms with van der Waals surface area (Å²) in [6, 6.07) is 7.14. The van der Waals surface area contributed by atoms with Crippen LogP contribution in [0.15, 0.2) is 18.2 Å². The smallest absolute Gasteiger partial charge is 0.0684 e. The lowest BCUT2D eigenvalue weighted by molar-refractivity contribution is 0.281. The van der Waals surface area contributed by atoms with Gasteiger partial charge in [-0.25, -0.2) is 0 Å². The van der Waals surface area contributed by atoms with Gasteiger partial charge >= 0.3 is 0 Å². The number of hydrogen-bond acceptors (Lipinski definition) is 2. The van der Waals surface area contributed by atoms with Gasteiger partial charge in [0.2, 0.25) is 0 Å². The Labute approximate surface area is 104 Å². The predicted octanol–water partition coefficient (Wildman–Crippen LogP) is 3.26. The van der Waals surface area contributed by atoms with Crippen molar-refractivity contribution in [3.8, 4) is 0 Å². The van der Waals surface area contributed by atoms with Gasteiger partial charge in [0.15, 0.2) is 0 Å². The molecule has 1 atom stereocenters. The van der Waals surface area contributed by atoms with Crippen LogP contribution < -0.4 is 4.90 Å². The Morgan fingerprint density at radius 1 is 1.35 bits per heavy atom. The lowest BCUT2D eigenvalue weighted by Gasteiger charge is -2.37. The lowest BCUT2D eigenvalue weighted by Crippen LogP contribution is -2.39. The van der Waals surface area contributed by atoms with Crippen molar-refractivity contribution in [1.82, 2.24) is 0 Å². The van der Waals surface area contributed by atoms with E-state index in [0.717, 1.165) is 5.56 Å². The molecule has 0 aliphatic carbocycles. The van der Waals surface area contributed by atoms with E-state index in [1.54, 1.807) is 0 Å². The highest BCUT2D eigenvalue weighted by Gasteiger charge is 2.21.